The Morgan fingerprint density at radius 1 is 1.11 bits per heavy atom. The maximum Gasteiger partial charge on any atom is 0.387 e. The molecule has 0 aliphatic rings. The fourth-order valence-electron chi connectivity index (χ4n) is 2.25. The molecule has 1 atom stereocenters. The number of nitrogens with one attached hydrogen (secondary N) is 1. The van der Waals surface area contributed by atoms with Gasteiger partial charge >= 0.3 is 12.6 Å². The normalized spacial score (nSPS) is 11.6. The molecule has 28 heavy (non-hydrogen) atoms. The van der Waals surface area contributed by atoms with E-state index in [0.717, 1.165) is 0 Å². The molecule has 0 radical (unpaired) electrons. The summed E-state index contributed by atoms with van der Waals surface area (Å²) in [5.41, 5.74) is 0.911. The third kappa shape index (κ3) is 6.20. The third-order valence-electron chi connectivity index (χ3n) is 3.62. The van der Waals surface area contributed by atoms with Crippen LogP contribution in [0.1, 0.15) is 17.2 Å². The van der Waals surface area contributed by atoms with Crippen LogP contribution in [0.25, 0.3) is 0 Å². The fraction of sp³-hybridized carbons (Fsp3) is 0.263. The highest BCUT2D eigenvalue weighted by atomic mass is 19.3. The zero-order chi connectivity index (χ0) is 20.5. The van der Waals surface area contributed by atoms with Crippen molar-refractivity contribution in [3.8, 4) is 11.5 Å². The van der Waals surface area contributed by atoms with E-state index in [2.05, 4.69) is 10.1 Å². The molecule has 0 saturated carbocycles. The predicted molar refractivity (Wildman–Crippen MR) is 93.8 cm³/mol. The summed E-state index contributed by atoms with van der Waals surface area (Å²) in [4.78, 5) is 23.6. The molecule has 0 unspecified atom stereocenters. The molecular formula is C19H19F2NO6. The molecule has 2 N–H and O–H groups in total. The van der Waals surface area contributed by atoms with Crippen LogP contribution < -0.4 is 14.8 Å². The Morgan fingerprint density at radius 2 is 1.82 bits per heavy atom. The number of aliphatic hydroxyl groups is 1. The van der Waals surface area contributed by atoms with Gasteiger partial charge in [-0.15, -0.1) is 0 Å². The van der Waals surface area contributed by atoms with Crippen molar-refractivity contribution < 1.29 is 37.7 Å². The summed E-state index contributed by atoms with van der Waals surface area (Å²) in [5.74, 6) is -1.59. The highest BCUT2D eigenvalue weighted by molar-refractivity contribution is 5.82. The Kier molecular flexibility index (Phi) is 7.70. The molecule has 0 aliphatic heterocycles. The van der Waals surface area contributed by atoms with Gasteiger partial charge in [-0.05, 0) is 23.3 Å². The number of hydrogen-bond acceptors (Lipinski definition) is 6. The van der Waals surface area contributed by atoms with Crippen LogP contribution in [-0.2, 0) is 20.9 Å². The number of rotatable bonds is 9. The molecule has 0 bridgehead atoms. The van der Waals surface area contributed by atoms with Crippen molar-refractivity contribution in [3.63, 3.8) is 0 Å². The number of alkyl halides is 2. The van der Waals surface area contributed by atoms with E-state index >= 15 is 0 Å². The maximum absolute atomic E-state index is 12.3. The van der Waals surface area contributed by atoms with Crippen LogP contribution in [0.4, 0.5) is 8.78 Å². The van der Waals surface area contributed by atoms with Crippen LogP contribution in [0.15, 0.2) is 48.5 Å². The number of carbonyl (C=O) groups excluding carboxylic acids is 2. The van der Waals surface area contributed by atoms with Crippen LogP contribution in [0, 0.1) is 0 Å². The highest BCUT2D eigenvalue weighted by Gasteiger charge is 2.19. The Balaban J connectivity index is 1.83. The van der Waals surface area contributed by atoms with Crippen LogP contribution in [0.2, 0.25) is 0 Å². The van der Waals surface area contributed by atoms with Gasteiger partial charge in [0.05, 0.1) is 7.11 Å². The average molecular weight is 395 g/mol. The van der Waals surface area contributed by atoms with Gasteiger partial charge in [-0.1, -0.05) is 36.4 Å². The second-order valence-electron chi connectivity index (χ2n) is 5.56. The first-order valence-corrected chi connectivity index (χ1v) is 8.18. The van der Waals surface area contributed by atoms with Gasteiger partial charge in [-0.3, -0.25) is 4.79 Å². The molecule has 1 amide bonds. The van der Waals surface area contributed by atoms with Crippen molar-refractivity contribution >= 4 is 11.9 Å². The van der Waals surface area contributed by atoms with E-state index in [1.165, 1.54) is 25.3 Å². The highest BCUT2D eigenvalue weighted by Crippen LogP contribution is 2.29. The number of methoxy groups -OCH3 is 1. The van der Waals surface area contributed by atoms with Crippen molar-refractivity contribution in [2.75, 3.05) is 13.7 Å². The van der Waals surface area contributed by atoms with Gasteiger partial charge in [0.25, 0.3) is 5.91 Å². The SMILES string of the molecule is COc1cc(CNC(=O)COC(=O)[C@H](O)c2ccccc2)ccc1OC(F)F. The quantitative estimate of drug-likeness (QED) is 0.632. The summed E-state index contributed by atoms with van der Waals surface area (Å²) in [6.07, 6.45) is -1.49. The number of halogens is 2. The van der Waals surface area contributed by atoms with Gasteiger partial charge < -0.3 is 24.6 Å². The van der Waals surface area contributed by atoms with Gasteiger partial charge in [-0.2, -0.15) is 8.78 Å². The van der Waals surface area contributed by atoms with Gasteiger partial charge in [0.15, 0.2) is 24.2 Å². The molecule has 7 nitrogen and oxygen atoms in total. The van der Waals surface area contributed by atoms with Gasteiger partial charge in [-0.25, -0.2) is 4.79 Å². The van der Waals surface area contributed by atoms with E-state index in [0.29, 0.717) is 11.1 Å². The van der Waals surface area contributed by atoms with Crippen molar-refractivity contribution in [1.82, 2.24) is 5.32 Å². The maximum atomic E-state index is 12.3. The lowest BCUT2D eigenvalue weighted by Crippen LogP contribution is -2.29. The van der Waals surface area contributed by atoms with Crippen LogP contribution in [0.5, 0.6) is 11.5 Å². The largest absolute Gasteiger partial charge is 0.493 e. The van der Waals surface area contributed by atoms with E-state index in [1.54, 1.807) is 30.3 Å². The second-order valence-corrected chi connectivity index (χ2v) is 5.56. The summed E-state index contributed by atoms with van der Waals surface area (Å²) in [6.45, 7) is -3.52. The molecule has 0 aliphatic carbocycles. The van der Waals surface area contributed by atoms with E-state index in [-0.39, 0.29) is 18.0 Å². The minimum atomic E-state index is -2.99. The smallest absolute Gasteiger partial charge is 0.387 e. The third-order valence-corrected chi connectivity index (χ3v) is 3.62. The van der Waals surface area contributed by atoms with Crippen molar-refractivity contribution in [2.45, 2.75) is 19.3 Å². The number of benzene rings is 2. The first kappa shape index (κ1) is 21.1. The fourth-order valence-corrected chi connectivity index (χ4v) is 2.25. The summed E-state index contributed by atoms with van der Waals surface area (Å²) in [7, 11) is 1.30. The molecule has 2 aromatic rings. The Hall–Kier alpha value is -3.20. The summed E-state index contributed by atoms with van der Waals surface area (Å²) in [6, 6.07) is 12.4. The zero-order valence-electron chi connectivity index (χ0n) is 14.9. The number of aliphatic hydroxyl groups excluding tert-OH is 1. The number of hydrogen-bond donors (Lipinski definition) is 2. The van der Waals surface area contributed by atoms with Crippen LogP contribution >= 0.6 is 0 Å². The van der Waals surface area contributed by atoms with Gasteiger partial charge in [0.2, 0.25) is 0 Å². The Labute approximate surface area is 159 Å². The Morgan fingerprint density at radius 3 is 2.46 bits per heavy atom. The van der Waals surface area contributed by atoms with Crippen molar-refractivity contribution in [2.24, 2.45) is 0 Å². The molecule has 0 spiro atoms. The van der Waals surface area contributed by atoms with Crippen molar-refractivity contribution in [3.05, 3.63) is 59.7 Å². The zero-order valence-corrected chi connectivity index (χ0v) is 14.9. The molecule has 0 saturated heterocycles. The molecule has 9 heteroatoms. The van der Waals surface area contributed by atoms with Crippen molar-refractivity contribution in [1.29, 1.82) is 0 Å². The van der Waals surface area contributed by atoms with E-state index in [9.17, 15) is 23.5 Å². The predicted octanol–water partition coefficient (Wildman–Crippen LogP) is 2.19. The topological polar surface area (TPSA) is 94.1 Å². The number of amides is 1. The molecule has 0 fully saturated rings. The molecule has 2 rings (SSSR count). The molecular weight excluding hydrogens is 376 g/mol. The average Bonchev–Trinajstić information content (AvgIpc) is 2.70. The van der Waals surface area contributed by atoms with Crippen LogP contribution in [-0.4, -0.2) is 37.3 Å². The summed E-state index contributed by atoms with van der Waals surface area (Å²) < 4.78 is 38.7. The van der Waals surface area contributed by atoms with Gasteiger partial charge in [0, 0.05) is 6.54 Å². The standard InChI is InChI=1S/C19H19F2NO6/c1-26-15-9-12(7-8-14(15)28-19(20)21)10-22-16(23)11-27-18(25)17(24)13-5-3-2-4-6-13/h2-9,17,19,24H,10-11H2,1H3,(H,22,23)/t17-/m1/s1. The van der Waals surface area contributed by atoms with Gasteiger partial charge in [0.1, 0.15) is 0 Å². The number of carbonyl (C=O) groups is 2. The minimum absolute atomic E-state index is 0.0446. The van der Waals surface area contributed by atoms with E-state index in [4.69, 9.17) is 9.47 Å². The number of ether oxygens (including phenoxy) is 3. The Bertz CT molecular complexity index is 800. The monoisotopic (exact) mass is 395 g/mol. The van der Waals surface area contributed by atoms with Crippen LogP contribution in [0.3, 0.4) is 0 Å². The summed E-state index contributed by atoms with van der Waals surface area (Å²) >= 11 is 0. The molecule has 150 valence electrons. The number of esters is 1. The van der Waals surface area contributed by atoms with E-state index < -0.39 is 31.2 Å². The lowest BCUT2D eigenvalue weighted by atomic mass is 10.1. The molecule has 0 heterocycles. The molecule has 0 aromatic heterocycles. The lowest BCUT2D eigenvalue weighted by Gasteiger charge is -2.13. The summed E-state index contributed by atoms with van der Waals surface area (Å²) in [5, 5.41) is 12.4. The van der Waals surface area contributed by atoms with E-state index in [1.807, 2.05) is 0 Å². The first-order valence-electron chi connectivity index (χ1n) is 8.18. The molecule has 2 aromatic carbocycles. The minimum Gasteiger partial charge on any atom is -0.493 e. The lowest BCUT2D eigenvalue weighted by molar-refractivity contribution is -0.157. The first-order chi connectivity index (χ1) is 13.4. The second kappa shape index (κ2) is 10.2.